The molecule has 0 aromatic heterocycles. The second kappa shape index (κ2) is 5.05. The fourth-order valence-electron chi connectivity index (χ4n) is 3.04. The first-order chi connectivity index (χ1) is 10.1. The summed E-state index contributed by atoms with van der Waals surface area (Å²) in [5.74, 6) is -2.26. The molecule has 1 aliphatic rings. The highest BCUT2D eigenvalue weighted by Crippen LogP contribution is 2.45. The van der Waals surface area contributed by atoms with Crippen LogP contribution in [-0.4, -0.2) is 22.2 Å². The topological polar surface area (TPSA) is 74.6 Å². The first-order valence-corrected chi connectivity index (χ1v) is 6.73. The summed E-state index contributed by atoms with van der Waals surface area (Å²) in [7, 11) is 0. The molecule has 0 spiro atoms. The maximum atomic E-state index is 11.4. The molecule has 2 unspecified atom stereocenters. The van der Waals surface area contributed by atoms with Gasteiger partial charge in [-0.3, -0.25) is 4.79 Å². The van der Waals surface area contributed by atoms with Gasteiger partial charge in [-0.2, -0.15) is 0 Å². The number of benzene rings is 2. The third-order valence-corrected chi connectivity index (χ3v) is 4.08. The van der Waals surface area contributed by atoms with Crippen LogP contribution in [0.25, 0.3) is 0 Å². The smallest absolute Gasteiger partial charge is 0.335 e. The van der Waals surface area contributed by atoms with Crippen LogP contribution in [-0.2, 0) is 4.79 Å². The first-order valence-electron chi connectivity index (χ1n) is 6.73. The van der Waals surface area contributed by atoms with Crippen molar-refractivity contribution >= 4 is 11.9 Å². The number of fused-ring (bicyclic) bond motifs is 1. The van der Waals surface area contributed by atoms with Crippen molar-refractivity contribution in [3.05, 3.63) is 70.8 Å². The van der Waals surface area contributed by atoms with E-state index in [1.807, 2.05) is 24.3 Å². The minimum absolute atomic E-state index is 0.00476. The van der Waals surface area contributed by atoms with Crippen LogP contribution in [0.3, 0.4) is 0 Å². The van der Waals surface area contributed by atoms with Crippen LogP contribution in [0.15, 0.2) is 48.5 Å². The van der Waals surface area contributed by atoms with Crippen molar-refractivity contribution in [1.82, 2.24) is 0 Å². The Morgan fingerprint density at radius 3 is 2.10 bits per heavy atom. The zero-order valence-corrected chi connectivity index (χ0v) is 11.2. The molecule has 4 heteroatoms. The molecule has 21 heavy (non-hydrogen) atoms. The predicted octanol–water partition coefficient (Wildman–Crippen LogP) is 3.09. The minimum atomic E-state index is -0.961. The van der Waals surface area contributed by atoms with Gasteiger partial charge in [0.25, 0.3) is 0 Å². The van der Waals surface area contributed by atoms with Gasteiger partial charge in [0.2, 0.25) is 0 Å². The largest absolute Gasteiger partial charge is 0.481 e. The van der Waals surface area contributed by atoms with Gasteiger partial charge in [0, 0.05) is 5.92 Å². The summed E-state index contributed by atoms with van der Waals surface area (Å²) < 4.78 is 0. The summed E-state index contributed by atoms with van der Waals surface area (Å²) in [5, 5.41) is 18.3. The van der Waals surface area contributed by atoms with Gasteiger partial charge in [-0.25, -0.2) is 4.79 Å². The van der Waals surface area contributed by atoms with E-state index < -0.39 is 17.9 Å². The number of hydrogen-bond donors (Lipinski definition) is 2. The summed E-state index contributed by atoms with van der Waals surface area (Å²) in [5.41, 5.74) is 3.07. The molecule has 2 aromatic carbocycles. The second-order valence-electron chi connectivity index (χ2n) is 5.24. The van der Waals surface area contributed by atoms with E-state index in [-0.39, 0.29) is 11.5 Å². The van der Waals surface area contributed by atoms with Gasteiger partial charge < -0.3 is 10.2 Å². The maximum absolute atomic E-state index is 11.4. The molecule has 106 valence electrons. The molecule has 0 bridgehead atoms. The SMILES string of the molecule is O=C(O)c1ccc(C2CC(C(=O)O)c3ccccc32)cc1. The Hall–Kier alpha value is -2.62. The van der Waals surface area contributed by atoms with Crippen LogP contribution in [0.1, 0.15) is 45.3 Å². The second-order valence-corrected chi connectivity index (χ2v) is 5.24. The molecule has 2 N–H and O–H groups in total. The molecular weight excluding hydrogens is 268 g/mol. The fraction of sp³-hybridized carbons (Fsp3) is 0.176. The monoisotopic (exact) mass is 282 g/mol. The maximum Gasteiger partial charge on any atom is 0.335 e. The van der Waals surface area contributed by atoms with Crippen molar-refractivity contribution in [2.24, 2.45) is 0 Å². The van der Waals surface area contributed by atoms with Crippen LogP contribution in [0.5, 0.6) is 0 Å². The predicted molar refractivity (Wildman–Crippen MR) is 76.7 cm³/mol. The molecule has 2 aromatic rings. The van der Waals surface area contributed by atoms with Crippen molar-refractivity contribution in [2.45, 2.75) is 18.3 Å². The Kier molecular flexibility index (Phi) is 3.22. The lowest BCUT2D eigenvalue weighted by Gasteiger charge is -2.12. The lowest BCUT2D eigenvalue weighted by Crippen LogP contribution is -2.08. The summed E-state index contributed by atoms with van der Waals surface area (Å²) in [6, 6.07) is 14.2. The van der Waals surface area contributed by atoms with E-state index in [9.17, 15) is 14.7 Å². The van der Waals surface area contributed by atoms with Crippen LogP contribution in [0, 0.1) is 0 Å². The molecule has 0 radical (unpaired) electrons. The number of hydrogen-bond acceptors (Lipinski definition) is 2. The Morgan fingerprint density at radius 1 is 0.905 bits per heavy atom. The highest BCUT2D eigenvalue weighted by Gasteiger charge is 2.35. The quantitative estimate of drug-likeness (QED) is 0.907. The third-order valence-electron chi connectivity index (χ3n) is 4.08. The molecule has 0 saturated carbocycles. The molecule has 2 atom stereocenters. The molecule has 0 saturated heterocycles. The Balaban J connectivity index is 2.00. The van der Waals surface area contributed by atoms with Gasteiger partial charge in [-0.1, -0.05) is 36.4 Å². The summed E-state index contributed by atoms with van der Waals surface area (Å²) in [6.45, 7) is 0. The molecule has 0 amide bonds. The average molecular weight is 282 g/mol. The van der Waals surface area contributed by atoms with Gasteiger partial charge in [-0.05, 0) is 35.2 Å². The molecule has 0 heterocycles. The zero-order chi connectivity index (χ0) is 15.0. The van der Waals surface area contributed by atoms with Gasteiger partial charge in [0.15, 0.2) is 0 Å². The number of aliphatic carboxylic acids is 1. The van der Waals surface area contributed by atoms with Gasteiger partial charge in [0.05, 0.1) is 11.5 Å². The Morgan fingerprint density at radius 2 is 1.52 bits per heavy atom. The number of carboxylic acids is 2. The van der Waals surface area contributed by atoms with E-state index in [1.54, 1.807) is 24.3 Å². The fourth-order valence-corrected chi connectivity index (χ4v) is 3.04. The van der Waals surface area contributed by atoms with E-state index >= 15 is 0 Å². The Labute approximate surface area is 121 Å². The Bertz CT molecular complexity index is 703. The number of carbonyl (C=O) groups is 2. The number of aromatic carboxylic acids is 1. The molecule has 0 fully saturated rings. The van der Waals surface area contributed by atoms with Crippen molar-refractivity contribution in [2.75, 3.05) is 0 Å². The van der Waals surface area contributed by atoms with Crippen molar-refractivity contribution in [3.63, 3.8) is 0 Å². The standard InChI is InChI=1S/C17H14O4/c18-16(19)11-7-5-10(6-8-11)14-9-15(17(20)21)13-4-2-1-3-12(13)14/h1-8,14-15H,9H2,(H,18,19)(H,20,21). The highest BCUT2D eigenvalue weighted by atomic mass is 16.4. The zero-order valence-electron chi connectivity index (χ0n) is 11.2. The van der Waals surface area contributed by atoms with Crippen molar-refractivity contribution < 1.29 is 19.8 Å². The van der Waals surface area contributed by atoms with Crippen molar-refractivity contribution in [1.29, 1.82) is 0 Å². The summed E-state index contributed by atoms with van der Waals surface area (Å²) in [6.07, 6.45) is 0.515. The molecule has 4 nitrogen and oxygen atoms in total. The molecule has 1 aliphatic carbocycles. The van der Waals surface area contributed by atoms with Crippen LogP contribution in [0.4, 0.5) is 0 Å². The lowest BCUT2D eigenvalue weighted by molar-refractivity contribution is -0.138. The van der Waals surface area contributed by atoms with E-state index in [0.29, 0.717) is 6.42 Å². The third kappa shape index (κ3) is 2.29. The summed E-state index contributed by atoms with van der Waals surface area (Å²) in [4.78, 5) is 22.3. The molecular formula is C17H14O4. The first kappa shape index (κ1) is 13.4. The average Bonchev–Trinajstić information content (AvgIpc) is 2.87. The van der Waals surface area contributed by atoms with E-state index in [0.717, 1.165) is 16.7 Å². The lowest BCUT2D eigenvalue weighted by atomic mass is 9.92. The molecule has 0 aliphatic heterocycles. The van der Waals surface area contributed by atoms with E-state index in [4.69, 9.17) is 5.11 Å². The minimum Gasteiger partial charge on any atom is -0.481 e. The van der Waals surface area contributed by atoms with Crippen LogP contribution >= 0.6 is 0 Å². The van der Waals surface area contributed by atoms with Crippen LogP contribution in [0.2, 0.25) is 0 Å². The van der Waals surface area contributed by atoms with E-state index in [1.165, 1.54) is 0 Å². The van der Waals surface area contributed by atoms with Gasteiger partial charge in [0.1, 0.15) is 0 Å². The summed E-state index contributed by atoms with van der Waals surface area (Å²) >= 11 is 0. The van der Waals surface area contributed by atoms with Crippen molar-refractivity contribution in [3.8, 4) is 0 Å². The highest BCUT2D eigenvalue weighted by molar-refractivity contribution is 5.87. The van der Waals surface area contributed by atoms with Gasteiger partial charge >= 0.3 is 11.9 Å². The van der Waals surface area contributed by atoms with Gasteiger partial charge in [-0.15, -0.1) is 0 Å². The normalized spacial score (nSPS) is 20.0. The van der Waals surface area contributed by atoms with Crippen LogP contribution < -0.4 is 0 Å². The van der Waals surface area contributed by atoms with E-state index in [2.05, 4.69) is 0 Å². The molecule has 3 rings (SSSR count). The number of carboxylic acid groups (broad SMARTS) is 2. The number of rotatable bonds is 3.